The van der Waals surface area contributed by atoms with E-state index in [1.165, 1.54) is 30.3 Å². The molecule has 0 bridgehead atoms. The first-order valence-electron chi connectivity index (χ1n) is 7.40. The van der Waals surface area contributed by atoms with Crippen molar-refractivity contribution in [2.24, 2.45) is 10.8 Å². The van der Waals surface area contributed by atoms with Gasteiger partial charge in [-0.25, -0.2) is 15.7 Å². The van der Waals surface area contributed by atoms with E-state index in [-0.39, 0.29) is 11.4 Å². The highest BCUT2D eigenvalue weighted by atomic mass is 16.6. The van der Waals surface area contributed by atoms with Gasteiger partial charge in [-0.05, 0) is 12.1 Å². The molecule has 0 saturated carbocycles. The van der Waals surface area contributed by atoms with Crippen molar-refractivity contribution in [2.75, 3.05) is 4.90 Å². The van der Waals surface area contributed by atoms with Gasteiger partial charge in [-0.1, -0.05) is 24.3 Å². The largest absolute Gasteiger partial charge is 0.308 e. The number of hydrogen-bond acceptors (Lipinski definition) is 7. The lowest BCUT2D eigenvalue weighted by atomic mass is 10.1. The average molecular weight is 348 g/mol. The van der Waals surface area contributed by atoms with Crippen molar-refractivity contribution in [1.82, 2.24) is 5.43 Å². The smallest absolute Gasteiger partial charge is 0.269 e. The molecule has 1 heterocycles. The molecule has 1 aliphatic heterocycles. The van der Waals surface area contributed by atoms with Crippen LogP contribution in [0.25, 0.3) is 5.70 Å². The topological polar surface area (TPSA) is 138 Å². The third-order valence-electron chi connectivity index (χ3n) is 3.73. The maximum Gasteiger partial charge on any atom is 0.269 e. The molecule has 1 aliphatic rings. The minimum absolute atomic E-state index is 0.134. The molecule has 0 saturated heterocycles. The lowest BCUT2D eigenvalue weighted by molar-refractivity contribution is -0.384. The molecule has 26 heavy (non-hydrogen) atoms. The number of carbonyl (C=O) groups excluding carboxylic acids is 1. The molecule has 1 amide bonds. The Morgan fingerprint density at radius 1 is 1.23 bits per heavy atom. The summed E-state index contributed by atoms with van der Waals surface area (Å²) < 4.78 is 0. The number of anilines is 1. The fourth-order valence-corrected chi connectivity index (χ4v) is 2.51. The van der Waals surface area contributed by atoms with Crippen LogP contribution in [0.3, 0.4) is 0 Å². The van der Waals surface area contributed by atoms with Crippen LogP contribution in [0.4, 0.5) is 11.4 Å². The van der Waals surface area contributed by atoms with Gasteiger partial charge in [0.05, 0.1) is 16.3 Å². The highest BCUT2D eigenvalue weighted by Crippen LogP contribution is 2.28. The van der Waals surface area contributed by atoms with Crippen LogP contribution >= 0.6 is 0 Å². The van der Waals surface area contributed by atoms with E-state index in [2.05, 4.69) is 10.4 Å². The van der Waals surface area contributed by atoms with E-state index in [1.807, 2.05) is 6.07 Å². The Hall–Kier alpha value is -4.03. The molecule has 9 nitrogen and oxygen atoms in total. The van der Waals surface area contributed by atoms with Crippen LogP contribution in [-0.2, 0) is 4.79 Å². The number of non-ortho nitro benzene ring substituents is 1. The highest BCUT2D eigenvalue weighted by Gasteiger charge is 2.22. The number of nitrogens with zero attached hydrogens (tertiary/aromatic N) is 4. The Kier molecular flexibility index (Phi) is 4.42. The molecule has 128 valence electrons. The number of carbonyl (C=O) groups is 1. The van der Waals surface area contributed by atoms with Crippen molar-refractivity contribution in [1.29, 1.82) is 5.26 Å². The van der Waals surface area contributed by atoms with E-state index in [4.69, 9.17) is 5.84 Å². The number of nitriles is 1. The molecular formula is C17H12N6O3. The Bertz CT molecular complexity index is 988. The lowest BCUT2D eigenvalue weighted by Crippen LogP contribution is -2.29. The van der Waals surface area contributed by atoms with Crippen LogP contribution in [0, 0.1) is 21.6 Å². The van der Waals surface area contributed by atoms with Crippen molar-refractivity contribution < 1.29 is 9.72 Å². The van der Waals surface area contributed by atoms with Gasteiger partial charge in [0.2, 0.25) is 0 Å². The third-order valence-corrected chi connectivity index (χ3v) is 3.73. The molecular weight excluding hydrogens is 336 g/mol. The first-order chi connectivity index (χ1) is 12.5. The fourth-order valence-electron chi connectivity index (χ4n) is 2.51. The van der Waals surface area contributed by atoms with Crippen molar-refractivity contribution >= 4 is 28.8 Å². The Morgan fingerprint density at radius 2 is 1.88 bits per heavy atom. The molecule has 3 rings (SSSR count). The average Bonchev–Trinajstić information content (AvgIpc) is 3.00. The first kappa shape index (κ1) is 16.8. The maximum atomic E-state index is 12.5. The van der Waals surface area contributed by atoms with Crippen molar-refractivity contribution in [3.05, 3.63) is 75.8 Å². The van der Waals surface area contributed by atoms with Gasteiger partial charge in [0.1, 0.15) is 5.84 Å². The second kappa shape index (κ2) is 6.84. The molecule has 3 N–H and O–H groups in total. The number of benzene rings is 2. The van der Waals surface area contributed by atoms with Crippen LogP contribution in [0.5, 0.6) is 0 Å². The number of nitro groups is 1. The minimum atomic E-state index is -0.631. The second-order valence-corrected chi connectivity index (χ2v) is 5.23. The van der Waals surface area contributed by atoms with Crippen LogP contribution < -0.4 is 16.2 Å². The van der Waals surface area contributed by atoms with E-state index in [0.29, 0.717) is 17.1 Å². The maximum absolute atomic E-state index is 12.5. The van der Waals surface area contributed by atoms with Crippen LogP contribution in [-0.4, -0.2) is 16.7 Å². The molecule has 9 heteroatoms. The van der Waals surface area contributed by atoms with Gasteiger partial charge in [-0.2, -0.15) is 5.26 Å². The van der Waals surface area contributed by atoms with E-state index < -0.39 is 10.8 Å². The van der Waals surface area contributed by atoms with Gasteiger partial charge in [0.25, 0.3) is 11.6 Å². The Morgan fingerprint density at radius 3 is 2.46 bits per heavy atom. The molecule has 2 aromatic rings. The normalized spacial score (nSPS) is 13.5. The number of aliphatic imine (C=N–C) groups is 1. The predicted molar refractivity (Wildman–Crippen MR) is 94.5 cm³/mol. The van der Waals surface area contributed by atoms with Crippen LogP contribution in [0.15, 0.2) is 59.6 Å². The Balaban J connectivity index is 1.93. The molecule has 2 aromatic carbocycles. The fraction of sp³-hybridized carbons (Fsp3) is 0. The predicted octanol–water partition coefficient (Wildman–Crippen LogP) is 1.67. The van der Waals surface area contributed by atoms with Gasteiger partial charge < -0.3 is 5.43 Å². The number of fused-ring (bicyclic) bond motifs is 1. The Labute approximate surface area is 147 Å². The summed E-state index contributed by atoms with van der Waals surface area (Å²) in [6, 6.07) is 12.3. The molecule has 0 radical (unpaired) electrons. The summed E-state index contributed by atoms with van der Waals surface area (Å²) in [6.07, 6.45) is 2.99. The van der Waals surface area contributed by atoms with Gasteiger partial charge >= 0.3 is 0 Å². The van der Waals surface area contributed by atoms with Crippen molar-refractivity contribution in [3.8, 4) is 6.19 Å². The molecule has 0 spiro atoms. The summed E-state index contributed by atoms with van der Waals surface area (Å²) >= 11 is 0. The number of amidine groups is 1. The van der Waals surface area contributed by atoms with Gasteiger partial charge in [-0.15, -0.1) is 0 Å². The van der Waals surface area contributed by atoms with Crippen LogP contribution in [0.2, 0.25) is 0 Å². The number of nitrogens with one attached hydrogen (secondary N) is 1. The monoisotopic (exact) mass is 348 g/mol. The summed E-state index contributed by atoms with van der Waals surface area (Å²) in [5, 5.41) is 20.0. The second-order valence-electron chi connectivity index (χ2n) is 5.23. The van der Waals surface area contributed by atoms with Crippen LogP contribution in [0.1, 0.15) is 11.1 Å². The number of amides is 1. The third kappa shape index (κ3) is 3.00. The van der Waals surface area contributed by atoms with E-state index >= 15 is 0 Å². The molecule has 0 atom stereocenters. The zero-order valence-corrected chi connectivity index (χ0v) is 13.3. The quantitative estimate of drug-likeness (QED) is 0.216. The number of nitrogens with two attached hydrogens (primary N) is 1. The minimum Gasteiger partial charge on any atom is -0.308 e. The molecule has 0 aliphatic carbocycles. The summed E-state index contributed by atoms with van der Waals surface area (Å²) in [6.45, 7) is 0. The standard InChI is InChI=1S/C17H12N6O3/c18-10-22(11-5-7-12(8-6-11)23(25)26)16(24)9-15-13-3-1-2-4-14(13)17(20-15)21-19/h1-9H,19H2,(H,20,21)/b15-9-. The van der Waals surface area contributed by atoms with Gasteiger partial charge in [0, 0.05) is 29.3 Å². The number of nitro benzene ring substituents is 1. The lowest BCUT2D eigenvalue weighted by Gasteiger charge is -2.11. The van der Waals surface area contributed by atoms with Gasteiger partial charge in [0.15, 0.2) is 6.19 Å². The van der Waals surface area contributed by atoms with Crippen molar-refractivity contribution in [2.45, 2.75) is 0 Å². The summed E-state index contributed by atoms with van der Waals surface area (Å²) in [7, 11) is 0. The summed E-state index contributed by atoms with van der Waals surface area (Å²) in [5.41, 5.74) is 4.36. The van der Waals surface area contributed by atoms with Crippen molar-refractivity contribution in [3.63, 3.8) is 0 Å². The zero-order valence-electron chi connectivity index (χ0n) is 13.3. The first-order valence-corrected chi connectivity index (χ1v) is 7.40. The molecule has 0 fully saturated rings. The highest BCUT2D eigenvalue weighted by molar-refractivity contribution is 6.14. The molecule has 0 unspecified atom stereocenters. The van der Waals surface area contributed by atoms with Gasteiger partial charge in [-0.3, -0.25) is 14.9 Å². The van der Waals surface area contributed by atoms with E-state index in [1.54, 1.807) is 24.4 Å². The SMILES string of the molecule is N#CN(C(=O)/C=C1\N=C(NN)c2ccccc21)c1ccc([N+](=O)[O-])cc1. The number of hydrogen-bond donors (Lipinski definition) is 2. The summed E-state index contributed by atoms with van der Waals surface area (Å²) in [4.78, 5) is 27.8. The number of hydrazine groups is 1. The zero-order chi connectivity index (χ0) is 18.7. The molecule has 0 aromatic heterocycles. The summed E-state index contributed by atoms with van der Waals surface area (Å²) in [5.74, 6) is 5.23. The van der Waals surface area contributed by atoms with E-state index in [0.717, 1.165) is 10.5 Å². The van der Waals surface area contributed by atoms with E-state index in [9.17, 15) is 20.2 Å². The number of rotatable bonds is 3.